The Bertz CT molecular complexity index is 1390. The Labute approximate surface area is 168 Å². The Hall–Kier alpha value is -3.53. The van der Waals surface area contributed by atoms with Crippen LogP contribution in [0.5, 0.6) is 0 Å². The number of aromatic amines is 2. The number of H-pyrrole nitrogens is 2. The molecule has 5 aromatic rings. The number of ether oxygens (including phenoxy) is 1. The summed E-state index contributed by atoms with van der Waals surface area (Å²) >= 11 is 0. The summed E-state index contributed by atoms with van der Waals surface area (Å²) in [6.07, 6.45) is 0. The van der Waals surface area contributed by atoms with E-state index in [1.165, 1.54) is 21.9 Å². The number of esters is 1. The van der Waals surface area contributed by atoms with Crippen molar-refractivity contribution in [3.8, 4) is 0 Å². The largest absolute Gasteiger partial charge is 0.456 e. The minimum atomic E-state index is -0.327. The van der Waals surface area contributed by atoms with Crippen LogP contribution in [0, 0.1) is 20.8 Å². The summed E-state index contributed by atoms with van der Waals surface area (Å²) in [5, 5.41) is 3.44. The molecule has 0 atom stereocenters. The van der Waals surface area contributed by atoms with Gasteiger partial charge in [0, 0.05) is 27.2 Å². The SMILES string of the molecule is Cc1cccc2c1[nH]c1c(C)c3c(C)c(C(=O)OCc4ccccc4)[nH]c3cc12. The zero-order valence-corrected chi connectivity index (χ0v) is 16.7. The number of nitrogens with one attached hydrogen (secondary N) is 2. The molecule has 0 amide bonds. The van der Waals surface area contributed by atoms with Crippen molar-refractivity contribution in [2.45, 2.75) is 27.4 Å². The summed E-state index contributed by atoms with van der Waals surface area (Å²) in [5.74, 6) is -0.327. The number of benzene rings is 3. The second-order valence-electron chi connectivity index (χ2n) is 7.66. The minimum Gasteiger partial charge on any atom is -0.456 e. The number of fused-ring (bicyclic) bond motifs is 4. The predicted octanol–water partition coefficient (Wildman–Crippen LogP) is 6.08. The van der Waals surface area contributed by atoms with E-state index in [2.05, 4.69) is 48.1 Å². The standard InChI is InChI=1S/C25H22N2O2/c1-14-8-7-11-18-19-12-20-21(15(2)23(19)27-22(14)18)16(3)24(26-20)25(28)29-13-17-9-5-4-6-10-17/h4-12,26-27H,13H2,1-3H3. The van der Waals surface area contributed by atoms with E-state index >= 15 is 0 Å². The number of carbonyl (C=O) groups excluding carboxylic acids is 1. The summed E-state index contributed by atoms with van der Waals surface area (Å²) in [4.78, 5) is 19.6. The van der Waals surface area contributed by atoms with Gasteiger partial charge < -0.3 is 14.7 Å². The highest BCUT2D eigenvalue weighted by Gasteiger charge is 2.20. The smallest absolute Gasteiger partial charge is 0.355 e. The highest BCUT2D eigenvalue weighted by Crippen LogP contribution is 2.36. The molecule has 2 aromatic heterocycles. The van der Waals surface area contributed by atoms with E-state index < -0.39 is 0 Å². The Morgan fingerprint density at radius 3 is 2.45 bits per heavy atom. The highest BCUT2D eigenvalue weighted by atomic mass is 16.5. The van der Waals surface area contributed by atoms with E-state index in [1.807, 2.05) is 37.3 Å². The summed E-state index contributed by atoms with van der Waals surface area (Å²) < 4.78 is 5.55. The Morgan fingerprint density at radius 1 is 0.862 bits per heavy atom. The Morgan fingerprint density at radius 2 is 1.66 bits per heavy atom. The van der Waals surface area contributed by atoms with Crippen molar-refractivity contribution >= 4 is 38.7 Å². The predicted molar refractivity (Wildman–Crippen MR) is 117 cm³/mol. The van der Waals surface area contributed by atoms with Crippen LogP contribution in [0.25, 0.3) is 32.7 Å². The molecule has 0 aliphatic carbocycles. The first kappa shape index (κ1) is 17.6. The fourth-order valence-electron chi connectivity index (χ4n) is 4.31. The zero-order chi connectivity index (χ0) is 20.1. The van der Waals surface area contributed by atoms with Crippen molar-refractivity contribution in [2.75, 3.05) is 0 Å². The van der Waals surface area contributed by atoms with Crippen LogP contribution in [-0.4, -0.2) is 15.9 Å². The van der Waals surface area contributed by atoms with Gasteiger partial charge in [0.15, 0.2) is 0 Å². The summed E-state index contributed by atoms with van der Waals surface area (Å²) in [7, 11) is 0. The van der Waals surface area contributed by atoms with Gasteiger partial charge >= 0.3 is 5.97 Å². The van der Waals surface area contributed by atoms with Crippen LogP contribution < -0.4 is 0 Å². The molecule has 0 fully saturated rings. The minimum absolute atomic E-state index is 0.262. The van der Waals surface area contributed by atoms with Crippen LogP contribution in [0.2, 0.25) is 0 Å². The number of hydrogen-bond acceptors (Lipinski definition) is 2. The van der Waals surface area contributed by atoms with Gasteiger partial charge in [-0.15, -0.1) is 0 Å². The molecular weight excluding hydrogens is 360 g/mol. The maximum Gasteiger partial charge on any atom is 0.355 e. The molecule has 4 heteroatoms. The van der Waals surface area contributed by atoms with Crippen molar-refractivity contribution in [2.24, 2.45) is 0 Å². The molecule has 0 aliphatic rings. The van der Waals surface area contributed by atoms with Crippen molar-refractivity contribution in [3.63, 3.8) is 0 Å². The molecule has 29 heavy (non-hydrogen) atoms. The fourth-order valence-corrected chi connectivity index (χ4v) is 4.31. The van der Waals surface area contributed by atoms with Gasteiger partial charge in [-0.3, -0.25) is 0 Å². The fraction of sp³-hybridized carbons (Fsp3) is 0.160. The lowest BCUT2D eigenvalue weighted by Gasteiger charge is -2.04. The van der Waals surface area contributed by atoms with E-state index in [0.717, 1.165) is 33.1 Å². The summed E-state index contributed by atoms with van der Waals surface area (Å²) in [5.41, 5.74) is 8.03. The molecule has 0 saturated heterocycles. The Balaban J connectivity index is 1.60. The molecule has 0 spiro atoms. The van der Waals surface area contributed by atoms with E-state index in [1.54, 1.807) is 0 Å². The third kappa shape index (κ3) is 2.71. The lowest BCUT2D eigenvalue weighted by Crippen LogP contribution is -2.07. The summed E-state index contributed by atoms with van der Waals surface area (Å²) in [6.45, 7) is 6.46. The van der Waals surface area contributed by atoms with Crippen LogP contribution >= 0.6 is 0 Å². The number of aromatic nitrogens is 2. The van der Waals surface area contributed by atoms with Crippen molar-refractivity contribution in [1.29, 1.82) is 0 Å². The quantitative estimate of drug-likeness (QED) is 0.371. The first-order valence-corrected chi connectivity index (χ1v) is 9.78. The van der Waals surface area contributed by atoms with Gasteiger partial charge in [0.2, 0.25) is 0 Å². The highest BCUT2D eigenvalue weighted by molar-refractivity contribution is 6.15. The normalized spacial score (nSPS) is 11.6. The second-order valence-corrected chi connectivity index (χ2v) is 7.66. The van der Waals surface area contributed by atoms with Gasteiger partial charge in [0.1, 0.15) is 12.3 Å². The van der Waals surface area contributed by atoms with Gasteiger partial charge in [-0.05, 0) is 49.1 Å². The molecule has 0 bridgehead atoms. The van der Waals surface area contributed by atoms with E-state index in [4.69, 9.17) is 4.74 Å². The third-order valence-electron chi connectivity index (χ3n) is 5.82. The number of aryl methyl sites for hydroxylation is 3. The van der Waals surface area contributed by atoms with Crippen LogP contribution in [0.3, 0.4) is 0 Å². The number of para-hydroxylation sites is 1. The van der Waals surface area contributed by atoms with Crippen LogP contribution in [0.4, 0.5) is 0 Å². The van der Waals surface area contributed by atoms with Crippen molar-refractivity contribution < 1.29 is 9.53 Å². The number of hydrogen-bond donors (Lipinski definition) is 2. The maximum absolute atomic E-state index is 12.7. The number of rotatable bonds is 3. The van der Waals surface area contributed by atoms with Crippen molar-refractivity contribution in [3.05, 3.63) is 82.5 Å². The molecule has 3 aromatic carbocycles. The maximum atomic E-state index is 12.7. The molecular formula is C25H22N2O2. The van der Waals surface area contributed by atoms with E-state index in [0.29, 0.717) is 5.69 Å². The van der Waals surface area contributed by atoms with E-state index in [-0.39, 0.29) is 12.6 Å². The molecule has 0 saturated carbocycles. The van der Waals surface area contributed by atoms with Gasteiger partial charge in [-0.25, -0.2) is 4.79 Å². The topological polar surface area (TPSA) is 57.9 Å². The van der Waals surface area contributed by atoms with Gasteiger partial charge in [0.25, 0.3) is 0 Å². The van der Waals surface area contributed by atoms with E-state index in [9.17, 15) is 4.79 Å². The van der Waals surface area contributed by atoms with Crippen LogP contribution in [0.15, 0.2) is 54.6 Å². The van der Waals surface area contributed by atoms with Crippen LogP contribution in [0.1, 0.15) is 32.7 Å². The molecule has 0 unspecified atom stereocenters. The van der Waals surface area contributed by atoms with Crippen molar-refractivity contribution in [1.82, 2.24) is 9.97 Å². The first-order valence-electron chi connectivity index (χ1n) is 9.78. The number of carbonyl (C=O) groups is 1. The summed E-state index contributed by atoms with van der Waals surface area (Å²) in [6, 6.07) is 18.2. The van der Waals surface area contributed by atoms with Gasteiger partial charge in [0.05, 0.1) is 5.52 Å². The average Bonchev–Trinajstić information content (AvgIpc) is 3.27. The molecule has 2 N–H and O–H groups in total. The molecule has 4 nitrogen and oxygen atoms in total. The molecule has 0 radical (unpaired) electrons. The Kier molecular flexibility index (Phi) is 3.95. The molecule has 144 valence electrons. The molecule has 0 aliphatic heterocycles. The third-order valence-corrected chi connectivity index (χ3v) is 5.82. The monoisotopic (exact) mass is 382 g/mol. The van der Waals surface area contributed by atoms with Gasteiger partial charge in [-0.2, -0.15) is 0 Å². The molecule has 2 heterocycles. The first-order chi connectivity index (χ1) is 14.0. The second kappa shape index (κ2) is 6.52. The van der Waals surface area contributed by atoms with Crippen LogP contribution in [-0.2, 0) is 11.3 Å². The lowest BCUT2D eigenvalue weighted by molar-refractivity contribution is 0.0466. The average molecular weight is 382 g/mol. The molecule has 5 rings (SSSR count). The lowest BCUT2D eigenvalue weighted by atomic mass is 10.0. The zero-order valence-electron chi connectivity index (χ0n) is 16.7. The van der Waals surface area contributed by atoms with Gasteiger partial charge in [-0.1, -0.05) is 48.5 Å².